The minimum Gasteiger partial charge on any atom is -0.388 e. The van der Waals surface area contributed by atoms with Gasteiger partial charge in [0.2, 0.25) is 0 Å². The predicted octanol–water partition coefficient (Wildman–Crippen LogP) is 2.59. The molecule has 0 saturated heterocycles. The highest BCUT2D eigenvalue weighted by molar-refractivity contribution is 5.55. The molecule has 0 aliphatic carbocycles. The summed E-state index contributed by atoms with van der Waals surface area (Å²) in [6, 6.07) is 4.91. The molecule has 0 bridgehead atoms. The van der Waals surface area contributed by atoms with Gasteiger partial charge in [0, 0.05) is 24.9 Å². The normalized spacial score (nSPS) is 9.86. The molecular weight excluding hydrogens is 180 g/mol. The van der Waals surface area contributed by atoms with Crippen molar-refractivity contribution in [3.63, 3.8) is 0 Å². The molecule has 4 nitrogen and oxygen atoms in total. The fraction of sp³-hybridized carbons (Fsp3) is 0.400. The summed E-state index contributed by atoms with van der Waals surface area (Å²) >= 11 is 0. The Morgan fingerprint density at radius 1 is 1.50 bits per heavy atom. The number of hydrogen-bond acceptors (Lipinski definition) is 3. The minimum atomic E-state index is -0.362. The van der Waals surface area contributed by atoms with Crippen LogP contribution in [0, 0.1) is 10.1 Å². The summed E-state index contributed by atoms with van der Waals surface area (Å²) in [5.74, 6) is 0. The zero-order valence-corrected chi connectivity index (χ0v) is 8.41. The number of hydrogen-bond donors (Lipinski definition) is 1. The van der Waals surface area contributed by atoms with E-state index in [4.69, 9.17) is 0 Å². The summed E-state index contributed by atoms with van der Waals surface area (Å²) in [7, 11) is 1.82. The Labute approximate surface area is 83.1 Å². The molecule has 0 heterocycles. The molecule has 0 amide bonds. The Morgan fingerprint density at radius 3 is 2.71 bits per heavy atom. The van der Waals surface area contributed by atoms with Gasteiger partial charge in [-0.15, -0.1) is 0 Å². The van der Waals surface area contributed by atoms with Crippen LogP contribution in [0.25, 0.3) is 0 Å². The molecular formula is C10H14N2O2. The van der Waals surface area contributed by atoms with E-state index in [0.717, 1.165) is 24.1 Å². The number of aryl methyl sites for hydroxylation is 1. The largest absolute Gasteiger partial charge is 0.388 e. The summed E-state index contributed by atoms with van der Waals surface area (Å²) in [4.78, 5) is 10.2. The highest BCUT2D eigenvalue weighted by Crippen LogP contribution is 2.22. The van der Waals surface area contributed by atoms with Gasteiger partial charge in [-0.3, -0.25) is 10.1 Å². The molecule has 4 heteroatoms. The molecule has 0 atom stereocenters. The number of nitrogens with one attached hydrogen (secondary N) is 1. The lowest BCUT2D eigenvalue weighted by Gasteiger charge is -2.07. The van der Waals surface area contributed by atoms with Gasteiger partial charge < -0.3 is 5.32 Å². The fourth-order valence-corrected chi connectivity index (χ4v) is 1.41. The molecule has 1 aromatic rings. The maximum absolute atomic E-state index is 10.5. The maximum atomic E-state index is 10.5. The van der Waals surface area contributed by atoms with E-state index in [-0.39, 0.29) is 10.6 Å². The Morgan fingerprint density at radius 2 is 2.21 bits per heavy atom. The topological polar surface area (TPSA) is 55.2 Å². The van der Waals surface area contributed by atoms with Crippen LogP contribution in [-0.4, -0.2) is 12.0 Å². The van der Waals surface area contributed by atoms with E-state index in [2.05, 4.69) is 12.2 Å². The molecule has 0 fully saturated rings. The molecule has 0 spiro atoms. The Balaban J connectivity index is 3.07. The van der Waals surface area contributed by atoms with Crippen molar-refractivity contribution in [3.05, 3.63) is 33.9 Å². The van der Waals surface area contributed by atoms with Gasteiger partial charge in [0.25, 0.3) is 5.69 Å². The minimum absolute atomic E-state index is 0.160. The summed E-state index contributed by atoms with van der Waals surface area (Å²) in [6.07, 6.45) is 1.84. The van der Waals surface area contributed by atoms with Gasteiger partial charge in [0.1, 0.15) is 0 Å². The lowest BCUT2D eigenvalue weighted by atomic mass is 10.1. The third kappa shape index (κ3) is 2.22. The van der Waals surface area contributed by atoms with Crippen molar-refractivity contribution < 1.29 is 4.92 Å². The van der Waals surface area contributed by atoms with Crippen LogP contribution in [0.2, 0.25) is 0 Å². The smallest absolute Gasteiger partial charge is 0.269 e. The number of rotatable bonds is 4. The average molecular weight is 194 g/mol. The molecule has 76 valence electrons. The molecule has 0 radical (unpaired) electrons. The van der Waals surface area contributed by atoms with Crippen LogP contribution >= 0.6 is 0 Å². The van der Waals surface area contributed by atoms with E-state index in [9.17, 15) is 10.1 Å². The van der Waals surface area contributed by atoms with Crippen LogP contribution in [0.1, 0.15) is 18.9 Å². The number of anilines is 1. The van der Waals surface area contributed by atoms with Crippen LogP contribution < -0.4 is 5.32 Å². The number of nitrogens with zero attached hydrogens (tertiary/aromatic N) is 1. The summed E-state index contributed by atoms with van der Waals surface area (Å²) < 4.78 is 0. The maximum Gasteiger partial charge on any atom is 0.269 e. The molecule has 14 heavy (non-hydrogen) atoms. The highest BCUT2D eigenvalue weighted by atomic mass is 16.6. The van der Waals surface area contributed by atoms with E-state index in [1.807, 2.05) is 7.05 Å². The van der Waals surface area contributed by atoms with Gasteiger partial charge in [-0.2, -0.15) is 0 Å². The first kappa shape index (κ1) is 10.5. The van der Waals surface area contributed by atoms with Gasteiger partial charge in [0.05, 0.1) is 4.92 Å². The third-order valence-corrected chi connectivity index (χ3v) is 2.09. The zero-order chi connectivity index (χ0) is 10.6. The van der Waals surface area contributed by atoms with E-state index in [0.29, 0.717) is 0 Å². The monoisotopic (exact) mass is 194 g/mol. The van der Waals surface area contributed by atoms with Crippen LogP contribution in [-0.2, 0) is 6.42 Å². The van der Waals surface area contributed by atoms with Gasteiger partial charge in [0.15, 0.2) is 0 Å². The van der Waals surface area contributed by atoms with Crippen molar-refractivity contribution in [1.82, 2.24) is 0 Å². The van der Waals surface area contributed by atoms with Crippen molar-refractivity contribution in [2.75, 3.05) is 12.4 Å². The molecule has 1 aromatic carbocycles. The number of benzene rings is 1. The third-order valence-electron chi connectivity index (χ3n) is 2.09. The van der Waals surface area contributed by atoms with Crippen LogP contribution in [0.15, 0.2) is 18.2 Å². The summed E-state index contributed by atoms with van der Waals surface area (Å²) in [6.45, 7) is 2.05. The molecule has 0 aliphatic heterocycles. The van der Waals surface area contributed by atoms with Crippen LogP contribution in [0.5, 0.6) is 0 Å². The zero-order valence-electron chi connectivity index (χ0n) is 8.41. The lowest BCUT2D eigenvalue weighted by molar-refractivity contribution is -0.384. The van der Waals surface area contributed by atoms with Crippen molar-refractivity contribution in [3.8, 4) is 0 Å². The second kappa shape index (κ2) is 4.60. The standard InChI is InChI=1S/C10H14N2O2/c1-3-4-8-7-9(12(13)14)5-6-10(8)11-2/h5-7,11H,3-4H2,1-2H3. The molecule has 1 N–H and O–H groups in total. The van der Waals surface area contributed by atoms with E-state index >= 15 is 0 Å². The number of non-ortho nitro benzene ring substituents is 1. The van der Waals surface area contributed by atoms with Gasteiger partial charge in [-0.1, -0.05) is 13.3 Å². The van der Waals surface area contributed by atoms with Crippen LogP contribution in [0.4, 0.5) is 11.4 Å². The van der Waals surface area contributed by atoms with Crippen molar-refractivity contribution in [1.29, 1.82) is 0 Å². The lowest BCUT2D eigenvalue weighted by Crippen LogP contribution is -1.97. The molecule has 0 saturated carbocycles. The van der Waals surface area contributed by atoms with Crippen molar-refractivity contribution >= 4 is 11.4 Å². The van der Waals surface area contributed by atoms with Crippen LogP contribution in [0.3, 0.4) is 0 Å². The number of nitro groups is 1. The average Bonchev–Trinajstić information content (AvgIpc) is 2.18. The van der Waals surface area contributed by atoms with Crippen molar-refractivity contribution in [2.45, 2.75) is 19.8 Å². The molecule has 1 rings (SSSR count). The highest BCUT2D eigenvalue weighted by Gasteiger charge is 2.08. The number of nitro benzene ring substituents is 1. The SMILES string of the molecule is CCCc1cc([N+](=O)[O-])ccc1NC. The first-order chi connectivity index (χ1) is 6.69. The van der Waals surface area contributed by atoms with Gasteiger partial charge in [-0.25, -0.2) is 0 Å². The molecule has 0 aliphatic rings. The fourth-order valence-electron chi connectivity index (χ4n) is 1.41. The quantitative estimate of drug-likeness (QED) is 0.592. The molecule has 0 unspecified atom stereocenters. The van der Waals surface area contributed by atoms with E-state index in [1.54, 1.807) is 12.1 Å². The Hall–Kier alpha value is -1.58. The first-order valence-corrected chi connectivity index (χ1v) is 4.64. The first-order valence-electron chi connectivity index (χ1n) is 4.64. The van der Waals surface area contributed by atoms with Crippen molar-refractivity contribution in [2.24, 2.45) is 0 Å². The second-order valence-corrected chi connectivity index (χ2v) is 3.10. The summed E-state index contributed by atoms with van der Waals surface area (Å²) in [5, 5.41) is 13.6. The second-order valence-electron chi connectivity index (χ2n) is 3.10. The predicted molar refractivity (Wildman–Crippen MR) is 56.6 cm³/mol. The summed E-state index contributed by atoms with van der Waals surface area (Å²) in [5.41, 5.74) is 2.13. The Bertz CT molecular complexity index is 337. The Kier molecular flexibility index (Phi) is 3.45. The molecule has 0 aromatic heterocycles. The van der Waals surface area contributed by atoms with E-state index < -0.39 is 0 Å². The van der Waals surface area contributed by atoms with Gasteiger partial charge >= 0.3 is 0 Å². The van der Waals surface area contributed by atoms with Gasteiger partial charge in [-0.05, 0) is 18.1 Å². The van der Waals surface area contributed by atoms with E-state index in [1.165, 1.54) is 6.07 Å².